The molecule has 8 nitrogen and oxygen atoms in total. The van der Waals surface area contributed by atoms with E-state index >= 15 is 0 Å². The molecule has 1 aromatic carbocycles. The Hall–Kier alpha value is -1.97. The molecule has 0 saturated heterocycles. The molecule has 0 radical (unpaired) electrons. The Morgan fingerprint density at radius 2 is 1.90 bits per heavy atom. The molecule has 2 amide bonds. The molecule has 0 spiro atoms. The van der Waals surface area contributed by atoms with Crippen molar-refractivity contribution in [2.75, 3.05) is 7.11 Å². The number of amides is 2. The molecule has 3 N–H and O–H groups in total. The number of nitrogens with zero attached hydrogens (tertiary/aromatic N) is 1. The summed E-state index contributed by atoms with van der Waals surface area (Å²) in [6, 6.07) is 4.66. The highest BCUT2D eigenvalue weighted by atomic mass is 32.2. The quantitative estimate of drug-likeness (QED) is 0.247. The number of methoxy groups -OCH3 is 1. The largest absolute Gasteiger partial charge is 0.496 e. The van der Waals surface area contributed by atoms with Crippen LogP contribution in [0.2, 0.25) is 0 Å². The van der Waals surface area contributed by atoms with Crippen LogP contribution in [-0.4, -0.2) is 44.8 Å². The number of ether oxygens (including phenoxy) is 1. The summed E-state index contributed by atoms with van der Waals surface area (Å²) in [6.45, 7) is 7.58. The van der Waals surface area contributed by atoms with E-state index in [9.17, 15) is 13.8 Å². The summed E-state index contributed by atoms with van der Waals surface area (Å²) >= 11 is -2.39. The van der Waals surface area contributed by atoms with E-state index < -0.39 is 17.2 Å². The second-order valence-corrected chi connectivity index (χ2v) is 8.32. The number of benzene rings is 1. The second-order valence-electron chi connectivity index (χ2n) is 7.64. The highest BCUT2D eigenvalue weighted by Crippen LogP contribution is 2.22. The fourth-order valence-corrected chi connectivity index (χ4v) is 3.55. The molecular formula is C21H35N3O5S. The SMILES string of the molecule is CCCCCCC(C)NC(=O)Cc1ccc(OC)c(C(=O)N(NS(=O)O)C(C)C)c1. The molecule has 0 aliphatic rings. The zero-order valence-corrected chi connectivity index (χ0v) is 19.4. The molecule has 0 saturated carbocycles. The first-order valence-electron chi connectivity index (χ1n) is 10.4. The van der Waals surface area contributed by atoms with Gasteiger partial charge in [-0.15, -0.1) is 4.83 Å². The van der Waals surface area contributed by atoms with Crippen LogP contribution in [0.15, 0.2) is 18.2 Å². The Balaban J connectivity index is 2.87. The topological polar surface area (TPSA) is 108 Å². The van der Waals surface area contributed by atoms with Gasteiger partial charge in [0.25, 0.3) is 17.2 Å². The predicted molar refractivity (Wildman–Crippen MR) is 118 cm³/mol. The highest BCUT2D eigenvalue weighted by Gasteiger charge is 2.24. The van der Waals surface area contributed by atoms with Crippen molar-refractivity contribution in [1.82, 2.24) is 15.2 Å². The predicted octanol–water partition coefficient (Wildman–Crippen LogP) is 3.20. The third-order valence-electron chi connectivity index (χ3n) is 4.67. The minimum atomic E-state index is -2.39. The third kappa shape index (κ3) is 8.81. The van der Waals surface area contributed by atoms with E-state index in [1.165, 1.54) is 26.4 Å². The van der Waals surface area contributed by atoms with E-state index in [0.29, 0.717) is 11.3 Å². The van der Waals surface area contributed by atoms with Crippen LogP contribution in [0.1, 0.15) is 75.7 Å². The maximum Gasteiger partial charge on any atom is 0.272 e. The van der Waals surface area contributed by atoms with E-state index in [0.717, 1.165) is 17.9 Å². The number of hydrazine groups is 1. The Kier molecular flexibility index (Phi) is 11.6. The Bertz CT molecular complexity index is 727. The molecule has 170 valence electrons. The first kappa shape index (κ1) is 26.1. The van der Waals surface area contributed by atoms with Crippen LogP contribution < -0.4 is 14.9 Å². The second kappa shape index (κ2) is 13.4. The number of carbonyl (C=O) groups excluding carboxylic acids is 2. The van der Waals surface area contributed by atoms with Gasteiger partial charge in [0.2, 0.25) is 5.91 Å². The smallest absolute Gasteiger partial charge is 0.272 e. The number of nitrogens with one attached hydrogen (secondary N) is 2. The third-order valence-corrected chi connectivity index (χ3v) is 5.02. The lowest BCUT2D eigenvalue weighted by molar-refractivity contribution is -0.121. The lowest BCUT2D eigenvalue weighted by Crippen LogP contribution is -2.48. The summed E-state index contributed by atoms with van der Waals surface area (Å²) in [5.41, 5.74) is 0.866. The number of carbonyl (C=O) groups is 2. The van der Waals surface area contributed by atoms with Gasteiger partial charge in [-0.3, -0.25) is 19.2 Å². The van der Waals surface area contributed by atoms with E-state index in [1.807, 2.05) is 6.92 Å². The van der Waals surface area contributed by atoms with Crippen molar-refractivity contribution in [1.29, 1.82) is 0 Å². The van der Waals surface area contributed by atoms with Crippen molar-refractivity contribution in [3.63, 3.8) is 0 Å². The fourth-order valence-electron chi connectivity index (χ4n) is 3.09. The molecule has 0 aliphatic carbocycles. The van der Waals surface area contributed by atoms with Crippen molar-refractivity contribution < 1.29 is 23.1 Å². The average molecular weight is 442 g/mol. The fraction of sp³-hybridized carbons (Fsp3) is 0.619. The van der Waals surface area contributed by atoms with Crippen molar-refractivity contribution in [2.45, 2.75) is 78.3 Å². The van der Waals surface area contributed by atoms with Crippen LogP contribution in [0.3, 0.4) is 0 Å². The molecule has 1 rings (SSSR count). The first-order chi connectivity index (χ1) is 14.2. The number of hydrogen-bond donors (Lipinski definition) is 3. The molecule has 2 atom stereocenters. The van der Waals surface area contributed by atoms with E-state index in [4.69, 9.17) is 9.29 Å². The first-order valence-corrected chi connectivity index (χ1v) is 11.5. The molecule has 9 heteroatoms. The Morgan fingerprint density at radius 3 is 2.47 bits per heavy atom. The van der Waals surface area contributed by atoms with Crippen molar-refractivity contribution in [2.24, 2.45) is 0 Å². The summed E-state index contributed by atoms with van der Waals surface area (Å²) < 4.78 is 25.6. The number of rotatable bonds is 13. The summed E-state index contributed by atoms with van der Waals surface area (Å²) in [5.74, 6) is -0.308. The summed E-state index contributed by atoms with van der Waals surface area (Å²) in [5, 5.41) is 4.06. The van der Waals surface area contributed by atoms with Gasteiger partial charge in [-0.2, -0.15) is 0 Å². The van der Waals surface area contributed by atoms with Gasteiger partial charge in [-0.05, 0) is 44.9 Å². The van der Waals surface area contributed by atoms with Crippen LogP contribution in [0.4, 0.5) is 0 Å². The van der Waals surface area contributed by atoms with Gasteiger partial charge in [0, 0.05) is 12.1 Å². The van der Waals surface area contributed by atoms with Crippen LogP contribution in [0.25, 0.3) is 0 Å². The molecule has 2 unspecified atom stereocenters. The van der Waals surface area contributed by atoms with Gasteiger partial charge in [0.1, 0.15) is 5.75 Å². The van der Waals surface area contributed by atoms with Crippen LogP contribution in [0.5, 0.6) is 5.75 Å². The molecule has 0 aliphatic heterocycles. The monoisotopic (exact) mass is 441 g/mol. The van der Waals surface area contributed by atoms with Gasteiger partial charge in [-0.25, -0.2) is 4.21 Å². The van der Waals surface area contributed by atoms with Crippen LogP contribution in [-0.2, 0) is 22.5 Å². The van der Waals surface area contributed by atoms with E-state index in [2.05, 4.69) is 17.1 Å². The van der Waals surface area contributed by atoms with Crippen LogP contribution in [0, 0.1) is 0 Å². The summed E-state index contributed by atoms with van der Waals surface area (Å²) in [7, 11) is 1.44. The maximum atomic E-state index is 12.9. The average Bonchev–Trinajstić information content (AvgIpc) is 2.68. The lowest BCUT2D eigenvalue weighted by Gasteiger charge is -2.26. The highest BCUT2D eigenvalue weighted by molar-refractivity contribution is 7.77. The molecule has 30 heavy (non-hydrogen) atoms. The molecular weight excluding hydrogens is 406 g/mol. The normalized spacial score (nSPS) is 13.0. The maximum absolute atomic E-state index is 12.9. The van der Waals surface area contributed by atoms with Gasteiger partial charge in [-0.1, -0.05) is 38.7 Å². The zero-order chi connectivity index (χ0) is 22.7. The van der Waals surface area contributed by atoms with Crippen molar-refractivity contribution >= 4 is 23.1 Å². The molecule has 1 aromatic rings. The molecule has 0 heterocycles. The minimum absolute atomic E-state index is 0.0915. The van der Waals surface area contributed by atoms with E-state index in [1.54, 1.807) is 32.0 Å². The molecule has 0 aromatic heterocycles. The van der Waals surface area contributed by atoms with Gasteiger partial charge in [0.05, 0.1) is 19.1 Å². The van der Waals surface area contributed by atoms with Crippen molar-refractivity contribution in [3.8, 4) is 5.75 Å². The Labute approximate surface area is 182 Å². The van der Waals surface area contributed by atoms with Gasteiger partial charge < -0.3 is 10.1 Å². The lowest BCUT2D eigenvalue weighted by atomic mass is 10.0. The van der Waals surface area contributed by atoms with Gasteiger partial charge in [0.15, 0.2) is 0 Å². The minimum Gasteiger partial charge on any atom is -0.496 e. The van der Waals surface area contributed by atoms with Gasteiger partial charge >= 0.3 is 0 Å². The molecule has 0 bridgehead atoms. The zero-order valence-electron chi connectivity index (χ0n) is 18.6. The number of unbranched alkanes of at least 4 members (excludes halogenated alkanes) is 3. The summed E-state index contributed by atoms with van der Waals surface area (Å²) in [4.78, 5) is 27.6. The Morgan fingerprint density at radius 1 is 1.20 bits per heavy atom. The van der Waals surface area contributed by atoms with Crippen molar-refractivity contribution in [3.05, 3.63) is 29.3 Å². The van der Waals surface area contributed by atoms with E-state index in [-0.39, 0.29) is 30.0 Å². The number of hydrogen-bond acceptors (Lipinski definition) is 4. The van der Waals surface area contributed by atoms with Crippen LogP contribution >= 0.6 is 0 Å². The standard InChI is InChI=1S/C21H35N3O5S/c1-6-7-8-9-10-16(4)22-20(25)14-17-11-12-19(29-5)18(13-17)21(26)24(15(2)3)23-30(27)28/h11-13,15-16,23H,6-10,14H2,1-5H3,(H,22,25)(H,27,28). The summed E-state index contributed by atoms with van der Waals surface area (Å²) in [6.07, 6.45) is 5.70. The molecule has 0 fully saturated rings.